The number of nitrogens with one attached hydrogen (secondary N) is 1. The predicted molar refractivity (Wildman–Crippen MR) is 113 cm³/mol. The molecule has 0 aliphatic carbocycles. The average Bonchev–Trinajstić information content (AvgIpc) is 3.28. The van der Waals surface area contributed by atoms with Crippen LogP contribution in [-0.4, -0.2) is 44.0 Å². The van der Waals surface area contributed by atoms with E-state index in [1.54, 1.807) is 12.1 Å². The summed E-state index contributed by atoms with van der Waals surface area (Å²) in [6, 6.07) is 13.2. The van der Waals surface area contributed by atoms with Crippen molar-refractivity contribution >= 4 is 17.5 Å². The van der Waals surface area contributed by atoms with Crippen LogP contribution in [0.5, 0.6) is 11.5 Å². The number of anilines is 1. The third kappa shape index (κ3) is 4.88. The van der Waals surface area contributed by atoms with E-state index in [4.69, 9.17) is 9.47 Å². The van der Waals surface area contributed by atoms with Gasteiger partial charge in [-0.3, -0.25) is 9.59 Å². The second-order valence-corrected chi connectivity index (χ2v) is 7.32. The lowest BCUT2D eigenvalue weighted by molar-refractivity contribution is -0.116. The van der Waals surface area contributed by atoms with E-state index in [1.165, 1.54) is 14.2 Å². The molecular formula is C23H28N2O4. The predicted octanol–water partition coefficient (Wildman–Crippen LogP) is 4.07. The summed E-state index contributed by atoms with van der Waals surface area (Å²) in [4.78, 5) is 27.4. The Kier molecular flexibility index (Phi) is 6.75. The monoisotopic (exact) mass is 396 g/mol. The highest BCUT2D eigenvalue weighted by molar-refractivity contribution is 5.99. The van der Waals surface area contributed by atoms with Gasteiger partial charge in [0, 0.05) is 25.1 Å². The smallest absolute Gasteiger partial charge is 0.254 e. The van der Waals surface area contributed by atoms with Crippen LogP contribution in [0.25, 0.3) is 0 Å². The number of hydrogen-bond acceptors (Lipinski definition) is 4. The van der Waals surface area contributed by atoms with Crippen molar-refractivity contribution in [2.45, 2.75) is 32.1 Å². The lowest BCUT2D eigenvalue weighted by atomic mass is 9.97. The highest BCUT2D eigenvalue weighted by Gasteiger charge is 2.23. The van der Waals surface area contributed by atoms with Crippen LogP contribution >= 0.6 is 0 Å². The summed E-state index contributed by atoms with van der Waals surface area (Å²) >= 11 is 0. The van der Waals surface area contributed by atoms with Crippen molar-refractivity contribution in [3.63, 3.8) is 0 Å². The summed E-state index contributed by atoms with van der Waals surface area (Å²) in [5, 5.41) is 2.91. The number of carbonyl (C=O) groups excluding carboxylic acids is 2. The van der Waals surface area contributed by atoms with Gasteiger partial charge >= 0.3 is 0 Å². The molecule has 1 saturated heterocycles. The van der Waals surface area contributed by atoms with E-state index in [2.05, 4.69) is 5.32 Å². The molecule has 2 aromatic carbocycles. The summed E-state index contributed by atoms with van der Waals surface area (Å²) < 4.78 is 10.9. The zero-order valence-corrected chi connectivity index (χ0v) is 17.2. The lowest BCUT2D eigenvalue weighted by Crippen LogP contribution is -2.27. The van der Waals surface area contributed by atoms with Gasteiger partial charge in [0.25, 0.3) is 5.91 Å². The van der Waals surface area contributed by atoms with E-state index in [-0.39, 0.29) is 17.7 Å². The Balaban J connectivity index is 1.81. The number of carbonyl (C=O) groups is 2. The molecule has 0 aromatic heterocycles. The van der Waals surface area contributed by atoms with Gasteiger partial charge < -0.3 is 19.7 Å². The van der Waals surface area contributed by atoms with E-state index in [0.717, 1.165) is 31.5 Å². The minimum Gasteiger partial charge on any atom is -0.493 e. The molecule has 6 nitrogen and oxygen atoms in total. The normalized spacial score (nSPS) is 14.4. The topological polar surface area (TPSA) is 67.9 Å². The maximum Gasteiger partial charge on any atom is 0.254 e. The number of likely N-dealkylation sites (tertiary alicyclic amines) is 1. The zero-order valence-electron chi connectivity index (χ0n) is 17.2. The number of nitrogens with zero attached hydrogens (tertiary/aromatic N) is 1. The fraction of sp³-hybridized carbons (Fsp3) is 0.391. The molecule has 1 aliphatic heterocycles. The standard InChI is InChI=1S/C23H28N2O4/c1-16(17-9-5-4-6-10-17)13-21(26)24-19-14-18(15-20(28-2)22(19)29-3)23(27)25-11-7-8-12-25/h4-6,9-10,14-16H,7-8,11-13H2,1-3H3,(H,24,26). The van der Waals surface area contributed by atoms with Crippen molar-refractivity contribution in [3.8, 4) is 11.5 Å². The third-order valence-corrected chi connectivity index (χ3v) is 5.25. The number of benzene rings is 2. The molecule has 6 heteroatoms. The van der Waals surface area contributed by atoms with Crippen LogP contribution in [0.4, 0.5) is 5.69 Å². The number of rotatable bonds is 7. The first-order valence-corrected chi connectivity index (χ1v) is 9.93. The Morgan fingerprint density at radius 3 is 2.38 bits per heavy atom. The molecule has 1 heterocycles. The molecule has 1 atom stereocenters. The lowest BCUT2D eigenvalue weighted by Gasteiger charge is -2.19. The minimum atomic E-state index is -0.146. The van der Waals surface area contributed by atoms with E-state index in [0.29, 0.717) is 29.2 Å². The molecule has 3 rings (SSSR count). The van der Waals surface area contributed by atoms with Crippen LogP contribution in [0, 0.1) is 0 Å². The molecular weight excluding hydrogens is 368 g/mol. The van der Waals surface area contributed by atoms with Gasteiger partial charge in [-0.15, -0.1) is 0 Å². The van der Waals surface area contributed by atoms with Gasteiger partial charge in [-0.25, -0.2) is 0 Å². The first kappa shape index (κ1) is 20.7. The molecule has 1 fully saturated rings. The van der Waals surface area contributed by atoms with Crippen molar-refractivity contribution < 1.29 is 19.1 Å². The second kappa shape index (κ2) is 9.45. The van der Waals surface area contributed by atoms with E-state index in [9.17, 15) is 9.59 Å². The fourth-order valence-electron chi connectivity index (χ4n) is 3.66. The van der Waals surface area contributed by atoms with Crippen LogP contribution in [0.15, 0.2) is 42.5 Å². The van der Waals surface area contributed by atoms with Crippen molar-refractivity contribution in [1.29, 1.82) is 0 Å². The summed E-state index contributed by atoms with van der Waals surface area (Å²) in [6.07, 6.45) is 2.35. The first-order valence-electron chi connectivity index (χ1n) is 9.93. The summed E-state index contributed by atoms with van der Waals surface area (Å²) in [5.74, 6) is 0.692. The highest BCUT2D eigenvalue weighted by Crippen LogP contribution is 2.37. The van der Waals surface area contributed by atoms with Gasteiger partial charge in [0.05, 0.1) is 19.9 Å². The first-order chi connectivity index (χ1) is 14.0. The van der Waals surface area contributed by atoms with Crippen molar-refractivity contribution in [1.82, 2.24) is 4.90 Å². The van der Waals surface area contributed by atoms with Gasteiger partial charge in [0.2, 0.25) is 5.91 Å². The number of methoxy groups -OCH3 is 2. The van der Waals surface area contributed by atoms with Crippen molar-refractivity contribution in [2.75, 3.05) is 32.6 Å². The third-order valence-electron chi connectivity index (χ3n) is 5.25. The van der Waals surface area contributed by atoms with Crippen molar-refractivity contribution in [2.24, 2.45) is 0 Å². The Morgan fingerprint density at radius 2 is 1.76 bits per heavy atom. The van der Waals surface area contributed by atoms with Crippen LogP contribution < -0.4 is 14.8 Å². The Morgan fingerprint density at radius 1 is 1.07 bits per heavy atom. The number of hydrogen-bond donors (Lipinski definition) is 1. The Bertz CT molecular complexity index is 861. The summed E-state index contributed by atoms with van der Waals surface area (Å²) in [5.41, 5.74) is 2.03. The van der Waals surface area contributed by atoms with Crippen molar-refractivity contribution in [3.05, 3.63) is 53.6 Å². The average molecular weight is 396 g/mol. The van der Waals surface area contributed by atoms with Gasteiger partial charge in [-0.05, 0) is 36.5 Å². The Labute approximate surface area is 171 Å². The SMILES string of the molecule is COc1cc(C(=O)N2CCCC2)cc(NC(=O)CC(C)c2ccccc2)c1OC. The number of ether oxygens (including phenoxy) is 2. The summed E-state index contributed by atoms with van der Waals surface area (Å²) in [6.45, 7) is 3.52. The highest BCUT2D eigenvalue weighted by atomic mass is 16.5. The molecule has 2 amide bonds. The van der Waals surface area contributed by atoms with E-state index in [1.807, 2.05) is 42.2 Å². The summed E-state index contributed by atoms with van der Waals surface area (Å²) in [7, 11) is 3.03. The van der Waals surface area contributed by atoms with Gasteiger partial charge in [0.15, 0.2) is 11.5 Å². The molecule has 0 bridgehead atoms. The van der Waals surface area contributed by atoms with Gasteiger partial charge in [0.1, 0.15) is 0 Å². The Hall–Kier alpha value is -3.02. The van der Waals surface area contributed by atoms with Gasteiger partial charge in [-0.2, -0.15) is 0 Å². The molecule has 29 heavy (non-hydrogen) atoms. The quantitative estimate of drug-likeness (QED) is 0.766. The fourth-order valence-corrected chi connectivity index (χ4v) is 3.66. The number of amides is 2. The molecule has 0 saturated carbocycles. The van der Waals surface area contributed by atoms with Crippen LogP contribution in [0.1, 0.15) is 48.0 Å². The maximum atomic E-state index is 12.8. The minimum absolute atomic E-state index is 0.0587. The van der Waals surface area contributed by atoms with Crippen LogP contribution in [0.2, 0.25) is 0 Å². The molecule has 2 aromatic rings. The van der Waals surface area contributed by atoms with Crippen LogP contribution in [-0.2, 0) is 4.79 Å². The molecule has 1 unspecified atom stereocenters. The molecule has 1 aliphatic rings. The molecule has 1 N–H and O–H groups in total. The van der Waals surface area contributed by atoms with E-state index >= 15 is 0 Å². The van der Waals surface area contributed by atoms with Crippen LogP contribution in [0.3, 0.4) is 0 Å². The molecule has 0 spiro atoms. The second-order valence-electron chi connectivity index (χ2n) is 7.32. The molecule has 0 radical (unpaired) electrons. The largest absolute Gasteiger partial charge is 0.493 e. The van der Waals surface area contributed by atoms with E-state index < -0.39 is 0 Å². The van der Waals surface area contributed by atoms with Gasteiger partial charge in [-0.1, -0.05) is 37.3 Å². The molecule has 154 valence electrons. The zero-order chi connectivity index (χ0) is 20.8. The maximum absolute atomic E-state index is 12.8.